The Bertz CT molecular complexity index is 530. The zero-order chi connectivity index (χ0) is 13.3. The van der Waals surface area contributed by atoms with Crippen LogP contribution in [0.2, 0.25) is 0 Å². The molecule has 2 N–H and O–H groups in total. The highest BCUT2D eigenvalue weighted by atomic mass is 32.2. The lowest BCUT2D eigenvalue weighted by Gasteiger charge is -2.19. The SMILES string of the molecule is CC(C)S(=O)(=O)N1CC[C@@H](c2ccnc(N)n2)C1. The third kappa shape index (κ3) is 2.46. The van der Waals surface area contributed by atoms with Crippen molar-refractivity contribution in [1.29, 1.82) is 0 Å². The van der Waals surface area contributed by atoms with Crippen LogP contribution in [0.3, 0.4) is 0 Å². The Kier molecular flexibility index (Phi) is 3.54. The summed E-state index contributed by atoms with van der Waals surface area (Å²) in [6.45, 7) is 4.43. The minimum atomic E-state index is -3.17. The molecule has 18 heavy (non-hydrogen) atoms. The normalized spacial score (nSPS) is 21.6. The third-order valence-corrected chi connectivity index (χ3v) is 5.46. The number of hydrogen-bond acceptors (Lipinski definition) is 5. The summed E-state index contributed by atoms with van der Waals surface area (Å²) in [6, 6.07) is 1.80. The van der Waals surface area contributed by atoms with Gasteiger partial charge in [0.15, 0.2) is 0 Å². The molecule has 1 aromatic heterocycles. The first kappa shape index (κ1) is 13.2. The number of rotatable bonds is 3. The molecule has 0 amide bonds. The third-order valence-electron chi connectivity index (χ3n) is 3.22. The predicted octanol–water partition coefficient (Wildman–Crippen LogP) is 0.586. The fourth-order valence-electron chi connectivity index (χ4n) is 2.11. The van der Waals surface area contributed by atoms with Crippen LogP contribution in [0.15, 0.2) is 12.3 Å². The van der Waals surface area contributed by atoms with Gasteiger partial charge in [-0.05, 0) is 26.3 Å². The Labute approximate surface area is 107 Å². The van der Waals surface area contributed by atoms with E-state index in [1.165, 1.54) is 0 Å². The fourth-order valence-corrected chi connectivity index (χ4v) is 3.46. The molecule has 100 valence electrons. The molecule has 0 spiro atoms. The molecular formula is C11H18N4O2S. The van der Waals surface area contributed by atoms with E-state index in [2.05, 4.69) is 9.97 Å². The number of nitrogens with two attached hydrogens (primary N) is 1. The molecule has 1 saturated heterocycles. The summed E-state index contributed by atoms with van der Waals surface area (Å²) in [5, 5.41) is -0.383. The van der Waals surface area contributed by atoms with Gasteiger partial charge in [0, 0.05) is 25.2 Å². The molecule has 0 bridgehead atoms. The van der Waals surface area contributed by atoms with Crippen molar-refractivity contribution in [2.24, 2.45) is 0 Å². The Balaban J connectivity index is 2.14. The zero-order valence-corrected chi connectivity index (χ0v) is 11.4. The van der Waals surface area contributed by atoms with Gasteiger partial charge in [-0.1, -0.05) is 0 Å². The standard InChI is InChI=1S/C11H18N4O2S/c1-8(2)18(16,17)15-6-4-9(7-15)10-3-5-13-11(12)14-10/h3,5,8-9H,4,6-7H2,1-2H3,(H2,12,13,14)/t9-/m1/s1. The molecule has 0 radical (unpaired) electrons. The lowest BCUT2D eigenvalue weighted by Crippen LogP contribution is -2.34. The molecule has 6 nitrogen and oxygen atoms in total. The van der Waals surface area contributed by atoms with Gasteiger partial charge in [-0.25, -0.2) is 22.7 Å². The van der Waals surface area contributed by atoms with Crippen LogP contribution < -0.4 is 5.73 Å². The van der Waals surface area contributed by atoms with Crippen LogP contribution in [0.25, 0.3) is 0 Å². The molecule has 1 atom stereocenters. The van der Waals surface area contributed by atoms with Gasteiger partial charge < -0.3 is 5.73 Å². The smallest absolute Gasteiger partial charge is 0.220 e. The van der Waals surface area contributed by atoms with Crippen LogP contribution >= 0.6 is 0 Å². The summed E-state index contributed by atoms with van der Waals surface area (Å²) < 4.78 is 25.6. The topological polar surface area (TPSA) is 89.2 Å². The fraction of sp³-hybridized carbons (Fsp3) is 0.636. The monoisotopic (exact) mass is 270 g/mol. The Morgan fingerprint density at radius 2 is 2.22 bits per heavy atom. The van der Waals surface area contributed by atoms with Crippen LogP contribution in [0.1, 0.15) is 31.9 Å². The molecule has 1 aliphatic heterocycles. The van der Waals surface area contributed by atoms with Gasteiger partial charge in [0.25, 0.3) is 0 Å². The first-order chi connectivity index (χ1) is 8.41. The van der Waals surface area contributed by atoms with E-state index >= 15 is 0 Å². The van der Waals surface area contributed by atoms with Crippen molar-refractivity contribution in [3.63, 3.8) is 0 Å². The van der Waals surface area contributed by atoms with E-state index in [4.69, 9.17) is 5.73 Å². The van der Waals surface area contributed by atoms with E-state index in [1.54, 1.807) is 30.4 Å². The molecular weight excluding hydrogens is 252 g/mol. The van der Waals surface area contributed by atoms with Crippen LogP contribution in [0.4, 0.5) is 5.95 Å². The number of aromatic nitrogens is 2. The first-order valence-corrected chi connectivity index (χ1v) is 7.49. The van der Waals surface area contributed by atoms with Crippen LogP contribution in [0.5, 0.6) is 0 Å². The summed E-state index contributed by atoms with van der Waals surface area (Å²) >= 11 is 0. The Hall–Kier alpha value is -1.21. The Morgan fingerprint density at radius 1 is 1.50 bits per heavy atom. The molecule has 0 aromatic carbocycles. The summed E-state index contributed by atoms with van der Waals surface area (Å²) in [6.07, 6.45) is 2.39. The van der Waals surface area contributed by atoms with Gasteiger partial charge >= 0.3 is 0 Å². The first-order valence-electron chi connectivity index (χ1n) is 5.98. The number of nitrogens with zero attached hydrogens (tertiary/aromatic N) is 3. The van der Waals surface area contributed by atoms with E-state index in [0.29, 0.717) is 13.1 Å². The van der Waals surface area contributed by atoms with Gasteiger partial charge in [-0.2, -0.15) is 0 Å². The van der Waals surface area contributed by atoms with Crippen molar-refractivity contribution >= 4 is 16.0 Å². The summed E-state index contributed by atoms with van der Waals surface area (Å²) in [5.74, 6) is 0.349. The van der Waals surface area contributed by atoms with Crippen molar-refractivity contribution in [3.05, 3.63) is 18.0 Å². The van der Waals surface area contributed by atoms with Crippen LogP contribution in [-0.2, 0) is 10.0 Å². The largest absolute Gasteiger partial charge is 0.368 e. The van der Waals surface area contributed by atoms with E-state index in [0.717, 1.165) is 12.1 Å². The molecule has 1 aliphatic rings. The van der Waals surface area contributed by atoms with Crippen molar-refractivity contribution < 1.29 is 8.42 Å². The van der Waals surface area contributed by atoms with Crippen molar-refractivity contribution in [3.8, 4) is 0 Å². The van der Waals surface area contributed by atoms with Gasteiger partial charge in [0.05, 0.1) is 10.9 Å². The quantitative estimate of drug-likeness (QED) is 0.868. The highest BCUT2D eigenvalue weighted by molar-refractivity contribution is 7.89. The maximum absolute atomic E-state index is 12.0. The van der Waals surface area contributed by atoms with Crippen molar-refractivity contribution in [2.45, 2.75) is 31.4 Å². The highest BCUT2D eigenvalue weighted by Crippen LogP contribution is 2.28. The second-order valence-electron chi connectivity index (χ2n) is 4.78. The van der Waals surface area contributed by atoms with E-state index < -0.39 is 10.0 Å². The molecule has 1 fully saturated rings. The second kappa shape index (κ2) is 4.81. The van der Waals surface area contributed by atoms with Crippen LogP contribution in [0, 0.1) is 0 Å². The number of sulfonamides is 1. The van der Waals surface area contributed by atoms with E-state index in [1.807, 2.05) is 0 Å². The number of nitrogen functional groups attached to an aromatic ring is 1. The molecule has 2 heterocycles. The zero-order valence-electron chi connectivity index (χ0n) is 10.6. The van der Waals surface area contributed by atoms with Crippen molar-refractivity contribution in [2.75, 3.05) is 18.8 Å². The maximum Gasteiger partial charge on any atom is 0.220 e. The van der Waals surface area contributed by atoms with E-state index in [9.17, 15) is 8.42 Å². The van der Waals surface area contributed by atoms with Crippen molar-refractivity contribution in [1.82, 2.24) is 14.3 Å². The molecule has 7 heteroatoms. The lowest BCUT2D eigenvalue weighted by molar-refractivity contribution is 0.465. The van der Waals surface area contributed by atoms with Gasteiger partial charge in [0.1, 0.15) is 0 Å². The lowest BCUT2D eigenvalue weighted by atomic mass is 10.1. The second-order valence-corrected chi connectivity index (χ2v) is 7.27. The number of anilines is 1. The van der Waals surface area contributed by atoms with Gasteiger partial charge in [0.2, 0.25) is 16.0 Å². The Morgan fingerprint density at radius 3 is 2.83 bits per heavy atom. The number of hydrogen-bond donors (Lipinski definition) is 1. The average Bonchev–Trinajstić information content (AvgIpc) is 2.78. The maximum atomic E-state index is 12.0. The van der Waals surface area contributed by atoms with Crippen LogP contribution in [-0.4, -0.2) is 41.0 Å². The van der Waals surface area contributed by atoms with Gasteiger partial charge in [-0.15, -0.1) is 0 Å². The highest BCUT2D eigenvalue weighted by Gasteiger charge is 2.34. The predicted molar refractivity (Wildman–Crippen MR) is 69.4 cm³/mol. The van der Waals surface area contributed by atoms with Gasteiger partial charge in [-0.3, -0.25) is 0 Å². The summed E-state index contributed by atoms with van der Waals surface area (Å²) in [7, 11) is -3.17. The summed E-state index contributed by atoms with van der Waals surface area (Å²) in [4.78, 5) is 8.00. The molecule has 1 aromatic rings. The minimum absolute atomic E-state index is 0.115. The summed E-state index contributed by atoms with van der Waals surface area (Å²) in [5.41, 5.74) is 6.36. The average molecular weight is 270 g/mol. The molecule has 0 aliphatic carbocycles. The molecule has 2 rings (SSSR count). The molecule has 0 unspecified atom stereocenters. The van der Waals surface area contributed by atoms with E-state index in [-0.39, 0.29) is 17.1 Å². The minimum Gasteiger partial charge on any atom is -0.368 e. The molecule has 0 saturated carbocycles.